The van der Waals surface area contributed by atoms with Gasteiger partial charge in [-0.15, -0.1) is 0 Å². The standard InChI is InChI=1S/C21H22ClN3O6/c1-3-30-21(28)13-31-17-9-4-14(10-18(17)29-2)12-23-25-20(27)11-19(26)24-16-7-5-15(22)6-8-16/h4-10,12H,3,11,13H2,1-2H3,(H,24,26)(H,25,27). The Balaban J connectivity index is 1.85. The number of carbonyl (C=O) groups is 3. The van der Waals surface area contributed by atoms with Crippen molar-refractivity contribution in [2.45, 2.75) is 13.3 Å². The van der Waals surface area contributed by atoms with Crippen LogP contribution in [-0.2, 0) is 19.1 Å². The van der Waals surface area contributed by atoms with Crippen molar-refractivity contribution in [3.8, 4) is 11.5 Å². The molecular weight excluding hydrogens is 426 g/mol. The third kappa shape index (κ3) is 8.35. The first kappa shape index (κ1) is 23.7. The maximum Gasteiger partial charge on any atom is 0.344 e. The van der Waals surface area contributed by atoms with Crippen LogP contribution in [0.2, 0.25) is 5.02 Å². The molecule has 31 heavy (non-hydrogen) atoms. The molecule has 0 spiro atoms. The highest BCUT2D eigenvalue weighted by atomic mass is 35.5. The van der Waals surface area contributed by atoms with Crippen molar-refractivity contribution in [3.05, 3.63) is 53.1 Å². The number of carbonyl (C=O) groups excluding carboxylic acids is 3. The summed E-state index contributed by atoms with van der Waals surface area (Å²) in [5, 5.41) is 6.95. The number of benzene rings is 2. The molecule has 10 heteroatoms. The van der Waals surface area contributed by atoms with Crippen LogP contribution in [0.1, 0.15) is 18.9 Å². The number of nitrogens with one attached hydrogen (secondary N) is 2. The molecule has 0 radical (unpaired) electrons. The Hall–Kier alpha value is -3.59. The van der Waals surface area contributed by atoms with Crippen molar-refractivity contribution in [1.82, 2.24) is 5.43 Å². The lowest BCUT2D eigenvalue weighted by molar-refractivity contribution is -0.145. The molecule has 0 saturated heterocycles. The molecule has 0 atom stereocenters. The largest absolute Gasteiger partial charge is 0.493 e. The van der Waals surface area contributed by atoms with Gasteiger partial charge in [-0.1, -0.05) is 11.6 Å². The van der Waals surface area contributed by atoms with E-state index >= 15 is 0 Å². The number of halogens is 1. The highest BCUT2D eigenvalue weighted by Gasteiger charge is 2.10. The molecule has 2 N–H and O–H groups in total. The molecule has 0 fully saturated rings. The molecule has 2 aromatic carbocycles. The Kier molecular flexibility index (Phi) is 9.31. The van der Waals surface area contributed by atoms with Gasteiger partial charge in [-0.25, -0.2) is 10.2 Å². The Morgan fingerprint density at radius 3 is 2.48 bits per heavy atom. The number of hydrogen-bond acceptors (Lipinski definition) is 7. The van der Waals surface area contributed by atoms with E-state index < -0.39 is 24.2 Å². The molecule has 0 saturated carbocycles. The topological polar surface area (TPSA) is 115 Å². The molecule has 0 aromatic heterocycles. The zero-order chi connectivity index (χ0) is 22.6. The number of ether oxygens (including phenoxy) is 3. The summed E-state index contributed by atoms with van der Waals surface area (Å²) in [5.41, 5.74) is 3.41. The second-order valence-corrected chi connectivity index (χ2v) is 6.47. The molecule has 9 nitrogen and oxygen atoms in total. The molecule has 0 aliphatic heterocycles. The average molecular weight is 448 g/mol. The number of nitrogens with zero attached hydrogens (tertiary/aromatic N) is 1. The van der Waals surface area contributed by atoms with E-state index in [1.807, 2.05) is 0 Å². The summed E-state index contributed by atoms with van der Waals surface area (Å²) in [4.78, 5) is 35.2. The minimum absolute atomic E-state index is 0.244. The fraction of sp³-hybridized carbons (Fsp3) is 0.238. The molecule has 2 aromatic rings. The molecule has 164 valence electrons. The van der Waals surface area contributed by atoms with Crippen LogP contribution in [0.15, 0.2) is 47.6 Å². The Bertz CT molecular complexity index is 947. The van der Waals surface area contributed by atoms with Crippen LogP contribution in [0.25, 0.3) is 0 Å². The minimum atomic E-state index is -0.580. The number of rotatable bonds is 10. The fourth-order valence-electron chi connectivity index (χ4n) is 2.33. The van der Waals surface area contributed by atoms with Crippen molar-refractivity contribution in [1.29, 1.82) is 0 Å². The van der Waals surface area contributed by atoms with E-state index in [9.17, 15) is 14.4 Å². The molecule has 0 heterocycles. The van der Waals surface area contributed by atoms with Gasteiger partial charge in [-0.3, -0.25) is 9.59 Å². The maximum absolute atomic E-state index is 11.9. The first-order chi connectivity index (χ1) is 14.9. The van der Waals surface area contributed by atoms with Gasteiger partial charge in [0.05, 0.1) is 19.9 Å². The van der Waals surface area contributed by atoms with Crippen LogP contribution >= 0.6 is 11.6 Å². The molecule has 2 amide bonds. The maximum atomic E-state index is 11.9. The van der Waals surface area contributed by atoms with E-state index in [1.165, 1.54) is 13.3 Å². The Labute approximate surface area is 184 Å². The molecule has 0 bridgehead atoms. The van der Waals surface area contributed by atoms with Crippen LogP contribution in [-0.4, -0.2) is 44.3 Å². The van der Waals surface area contributed by atoms with E-state index in [0.717, 1.165) is 0 Å². The van der Waals surface area contributed by atoms with Gasteiger partial charge in [-0.05, 0) is 55.0 Å². The van der Waals surface area contributed by atoms with Gasteiger partial charge in [0.25, 0.3) is 0 Å². The lowest BCUT2D eigenvalue weighted by atomic mass is 10.2. The molecule has 0 unspecified atom stereocenters. The van der Waals surface area contributed by atoms with Crippen molar-refractivity contribution < 1.29 is 28.6 Å². The molecule has 0 aliphatic rings. The quantitative estimate of drug-likeness (QED) is 0.250. The second kappa shape index (κ2) is 12.2. The Morgan fingerprint density at radius 2 is 1.81 bits per heavy atom. The fourth-order valence-corrected chi connectivity index (χ4v) is 2.45. The summed E-state index contributed by atoms with van der Waals surface area (Å²) >= 11 is 5.78. The Morgan fingerprint density at radius 1 is 1.06 bits per heavy atom. The van der Waals surface area contributed by atoms with Gasteiger partial charge < -0.3 is 19.5 Å². The lowest BCUT2D eigenvalue weighted by Gasteiger charge is -2.10. The number of hydrogen-bond donors (Lipinski definition) is 2. The van der Waals surface area contributed by atoms with E-state index in [2.05, 4.69) is 15.8 Å². The number of anilines is 1. The summed E-state index contributed by atoms with van der Waals surface area (Å²) in [5.74, 6) is -0.820. The first-order valence-corrected chi connectivity index (χ1v) is 9.62. The van der Waals surface area contributed by atoms with Crippen LogP contribution in [0.3, 0.4) is 0 Å². The predicted molar refractivity (Wildman–Crippen MR) is 116 cm³/mol. The van der Waals surface area contributed by atoms with Crippen molar-refractivity contribution in [2.24, 2.45) is 5.10 Å². The molecule has 0 aliphatic carbocycles. The van der Waals surface area contributed by atoms with Gasteiger partial charge in [-0.2, -0.15) is 5.10 Å². The highest BCUT2D eigenvalue weighted by Crippen LogP contribution is 2.27. The highest BCUT2D eigenvalue weighted by molar-refractivity contribution is 6.30. The van der Waals surface area contributed by atoms with Gasteiger partial charge in [0.1, 0.15) is 6.42 Å². The van der Waals surface area contributed by atoms with Crippen LogP contribution in [0.5, 0.6) is 11.5 Å². The lowest BCUT2D eigenvalue weighted by Crippen LogP contribution is -2.24. The van der Waals surface area contributed by atoms with Gasteiger partial charge in [0, 0.05) is 10.7 Å². The van der Waals surface area contributed by atoms with Gasteiger partial charge >= 0.3 is 5.97 Å². The van der Waals surface area contributed by atoms with E-state index in [1.54, 1.807) is 49.4 Å². The normalized spacial score (nSPS) is 10.4. The monoisotopic (exact) mass is 447 g/mol. The minimum Gasteiger partial charge on any atom is -0.493 e. The third-order valence-corrected chi connectivity index (χ3v) is 3.94. The first-order valence-electron chi connectivity index (χ1n) is 9.25. The number of esters is 1. The van der Waals surface area contributed by atoms with Crippen molar-refractivity contribution >= 4 is 41.3 Å². The summed E-state index contributed by atoms with van der Waals surface area (Å²) in [6, 6.07) is 11.4. The zero-order valence-corrected chi connectivity index (χ0v) is 17.8. The predicted octanol–water partition coefficient (Wildman–Crippen LogP) is 2.77. The van der Waals surface area contributed by atoms with E-state index in [0.29, 0.717) is 27.8 Å². The SMILES string of the molecule is CCOC(=O)COc1ccc(C=NNC(=O)CC(=O)Nc2ccc(Cl)cc2)cc1OC. The number of methoxy groups -OCH3 is 1. The smallest absolute Gasteiger partial charge is 0.344 e. The van der Waals surface area contributed by atoms with Crippen molar-refractivity contribution in [2.75, 3.05) is 25.6 Å². The van der Waals surface area contributed by atoms with Gasteiger partial charge in [0.2, 0.25) is 11.8 Å². The average Bonchev–Trinajstić information content (AvgIpc) is 2.74. The van der Waals surface area contributed by atoms with Gasteiger partial charge in [0.15, 0.2) is 18.1 Å². The van der Waals surface area contributed by atoms with Crippen LogP contribution in [0.4, 0.5) is 5.69 Å². The second-order valence-electron chi connectivity index (χ2n) is 6.03. The van der Waals surface area contributed by atoms with E-state index in [4.69, 9.17) is 25.8 Å². The van der Waals surface area contributed by atoms with Crippen LogP contribution < -0.4 is 20.2 Å². The number of amides is 2. The summed E-state index contributed by atoms with van der Waals surface area (Å²) in [7, 11) is 1.45. The van der Waals surface area contributed by atoms with Crippen LogP contribution in [0, 0.1) is 0 Å². The molecular formula is C21H22ClN3O6. The summed E-state index contributed by atoms with van der Waals surface area (Å²) < 4.78 is 15.4. The summed E-state index contributed by atoms with van der Waals surface area (Å²) in [6.45, 7) is 1.73. The third-order valence-electron chi connectivity index (χ3n) is 3.69. The molecule has 2 rings (SSSR count). The summed E-state index contributed by atoms with van der Waals surface area (Å²) in [6.07, 6.45) is 0.983. The zero-order valence-electron chi connectivity index (χ0n) is 17.0. The van der Waals surface area contributed by atoms with Crippen molar-refractivity contribution in [3.63, 3.8) is 0 Å². The van der Waals surface area contributed by atoms with E-state index in [-0.39, 0.29) is 13.2 Å². The number of hydrazone groups is 1.